The van der Waals surface area contributed by atoms with Crippen LogP contribution in [0.15, 0.2) is 75.1 Å². The highest BCUT2D eigenvalue weighted by molar-refractivity contribution is 7.99. The van der Waals surface area contributed by atoms with Gasteiger partial charge < -0.3 is 4.42 Å². The number of aryl methyl sites for hydroxylation is 1. The van der Waals surface area contributed by atoms with Crippen LogP contribution in [0.3, 0.4) is 0 Å². The van der Waals surface area contributed by atoms with Gasteiger partial charge in [-0.2, -0.15) is 0 Å². The van der Waals surface area contributed by atoms with Crippen LogP contribution in [-0.2, 0) is 0 Å². The molecule has 0 atom stereocenters. The number of benzene rings is 2. The maximum atomic E-state index is 6.25. The Morgan fingerprint density at radius 3 is 2.35 bits per heavy atom. The van der Waals surface area contributed by atoms with Crippen molar-refractivity contribution in [3.05, 3.63) is 71.4 Å². The molecule has 0 radical (unpaired) electrons. The molecule has 1 aromatic heterocycles. The molecular formula is C17H13ClOS. The third-order valence-electron chi connectivity index (χ3n) is 3.02. The van der Waals surface area contributed by atoms with Crippen molar-refractivity contribution in [2.45, 2.75) is 16.9 Å². The zero-order chi connectivity index (χ0) is 13.9. The summed E-state index contributed by atoms with van der Waals surface area (Å²) in [6.45, 7) is 1.97. The van der Waals surface area contributed by atoms with Crippen molar-refractivity contribution in [1.82, 2.24) is 0 Å². The van der Waals surface area contributed by atoms with Gasteiger partial charge in [0.05, 0.1) is 0 Å². The Morgan fingerprint density at radius 2 is 1.60 bits per heavy atom. The van der Waals surface area contributed by atoms with Crippen LogP contribution in [0.4, 0.5) is 0 Å². The van der Waals surface area contributed by atoms with Crippen LogP contribution in [0.5, 0.6) is 0 Å². The first-order valence-electron chi connectivity index (χ1n) is 6.32. The highest BCUT2D eigenvalue weighted by atomic mass is 35.5. The topological polar surface area (TPSA) is 13.1 Å². The molecule has 0 bridgehead atoms. The van der Waals surface area contributed by atoms with Crippen LogP contribution in [0.25, 0.3) is 11.1 Å². The standard InChI is InChI=1S/C17H13ClOS/c1-12-15(14-9-5-6-10-16(14)18)11-17(19-12)20-13-7-3-2-4-8-13/h2-11H,1H3. The van der Waals surface area contributed by atoms with E-state index in [0.717, 1.165) is 31.9 Å². The van der Waals surface area contributed by atoms with Gasteiger partial charge in [-0.05, 0) is 31.2 Å². The maximum absolute atomic E-state index is 6.25. The zero-order valence-corrected chi connectivity index (χ0v) is 12.5. The van der Waals surface area contributed by atoms with Crippen LogP contribution in [0.2, 0.25) is 5.02 Å². The molecule has 2 aromatic carbocycles. The normalized spacial score (nSPS) is 10.7. The Bertz CT molecular complexity index is 719. The summed E-state index contributed by atoms with van der Waals surface area (Å²) in [5, 5.41) is 1.62. The van der Waals surface area contributed by atoms with Gasteiger partial charge in [0.1, 0.15) is 5.76 Å². The fourth-order valence-electron chi connectivity index (χ4n) is 2.06. The number of rotatable bonds is 3. The van der Waals surface area contributed by atoms with E-state index in [1.165, 1.54) is 0 Å². The van der Waals surface area contributed by atoms with Crippen LogP contribution in [0, 0.1) is 6.92 Å². The second-order valence-corrected chi connectivity index (χ2v) is 5.92. The van der Waals surface area contributed by atoms with Gasteiger partial charge in [-0.15, -0.1) is 0 Å². The second-order valence-electron chi connectivity index (χ2n) is 4.43. The molecule has 0 aliphatic rings. The molecule has 0 unspecified atom stereocenters. The Labute approximate surface area is 127 Å². The van der Waals surface area contributed by atoms with Gasteiger partial charge in [-0.3, -0.25) is 0 Å². The van der Waals surface area contributed by atoms with E-state index in [-0.39, 0.29) is 0 Å². The predicted molar refractivity (Wildman–Crippen MR) is 84.5 cm³/mol. The van der Waals surface area contributed by atoms with E-state index in [1.807, 2.05) is 55.5 Å². The van der Waals surface area contributed by atoms with Crippen LogP contribution < -0.4 is 0 Å². The molecule has 100 valence electrons. The van der Waals surface area contributed by atoms with Crippen molar-refractivity contribution in [2.75, 3.05) is 0 Å². The smallest absolute Gasteiger partial charge is 0.165 e. The predicted octanol–water partition coefficient (Wildman–Crippen LogP) is 6.06. The number of halogens is 1. The van der Waals surface area contributed by atoms with Gasteiger partial charge in [-0.1, -0.05) is 59.8 Å². The summed E-state index contributed by atoms with van der Waals surface area (Å²) < 4.78 is 5.83. The highest BCUT2D eigenvalue weighted by Crippen LogP contribution is 2.37. The third kappa shape index (κ3) is 2.77. The lowest BCUT2D eigenvalue weighted by Gasteiger charge is -2.00. The number of hydrogen-bond donors (Lipinski definition) is 0. The van der Waals surface area contributed by atoms with Crippen LogP contribution in [-0.4, -0.2) is 0 Å². The number of furan rings is 1. The summed E-state index contributed by atoms with van der Waals surface area (Å²) in [4.78, 5) is 1.16. The van der Waals surface area contributed by atoms with Gasteiger partial charge >= 0.3 is 0 Å². The average Bonchev–Trinajstić information content (AvgIpc) is 2.81. The first-order valence-corrected chi connectivity index (χ1v) is 7.52. The average molecular weight is 301 g/mol. The largest absolute Gasteiger partial charge is 0.454 e. The summed E-state index contributed by atoms with van der Waals surface area (Å²) in [7, 11) is 0. The Morgan fingerprint density at radius 1 is 0.900 bits per heavy atom. The van der Waals surface area contributed by atoms with E-state index in [0.29, 0.717) is 0 Å². The summed E-state index contributed by atoms with van der Waals surface area (Å²) in [5.41, 5.74) is 2.06. The van der Waals surface area contributed by atoms with Gasteiger partial charge in [0.15, 0.2) is 5.09 Å². The minimum absolute atomic E-state index is 0.743. The molecule has 0 saturated carbocycles. The monoisotopic (exact) mass is 300 g/mol. The van der Waals surface area contributed by atoms with Crippen molar-refractivity contribution >= 4 is 23.4 Å². The lowest BCUT2D eigenvalue weighted by molar-refractivity contribution is 0.449. The molecule has 3 heteroatoms. The molecule has 1 heterocycles. The summed E-state index contributed by atoms with van der Waals surface area (Å²) in [5.74, 6) is 0.886. The minimum Gasteiger partial charge on any atom is -0.454 e. The van der Waals surface area contributed by atoms with Crippen LogP contribution >= 0.6 is 23.4 Å². The van der Waals surface area contributed by atoms with Gasteiger partial charge in [0.2, 0.25) is 0 Å². The summed E-state index contributed by atoms with van der Waals surface area (Å²) >= 11 is 7.87. The van der Waals surface area contributed by atoms with Gasteiger partial charge in [0.25, 0.3) is 0 Å². The van der Waals surface area contributed by atoms with E-state index in [2.05, 4.69) is 12.1 Å². The third-order valence-corrected chi connectivity index (χ3v) is 4.26. The quantitative estimate of drug-likeness (QED) is 0.583. The Hall–Kier alpha value is -1.64. The Kier molecular flexibility index (Phi) is 3.86. The molecule has 0 aliphatic carbocycles. The molecule has 3 rings (SSSR count). The van der Waals surface area contributed by atoms with Crippen molar-refractivity contribution < 1.29 is 4.42 Å². The SMILES string of the molecule is Cc1oc(Sc2ccccc2)cc1-c1ccccc1Cl. The molecule has 20 heavy (non-hydrogen) atoms. The highest BCUT2D eigenvalue weighted by Gasteiger charge is 2.12. The first kappa shape index (κ1) is 13.3. The van der Waals surface area contributed by atoms with E-state index in [4.69, 9.17) is 16.0 Å². The maximum Gasteiger partial charge on any atom is 0.165 e. The molecule has 0 saturated heterocycles. The van der Waals surface area contributed by atoms with E-state index >= 15 is 0 Å². The molecule has 0 N–H and O–H groups in total. The van der Waals surface area contributed by atoms with Crippen molar-refractivity contribution in [2.24, 2.45) is 0 Å². The van der Waals surface area contributed by atoms with Gasteiger partial charge in [-0.25, -0.2) is 0 Å². The fraction of sp³-hybridized carbons (Fsp3) is 0.0588. The van der Waals surface area contributed by atoms with E-state index < -0.39 is 0 Å². The lowest BCUT2D eigenvalue weighted by Crippen LogP contribution is -1.78. The Balaban J connectivity index is 1.94. The van der Waals surface area contributed by atoms with Crippen molar-refractivity contribution in [3.63, 3.8) is 0 Å². The molecular weight excluding hydrogens is 288 g/mol. The van der Waals surface area contributed by atoms with Crippen molar-refractivity contribution in [1.29, 1.82) is 0 Å². The second kappa shape index (κ2) is 5.78. The molecule has 0 spiro atoms. The number of hydrogen-bond acceptors (Lipinski definition) is 2. The summed E-state index contributed by atoms with van der Waals surface area (Å²) in [6, 6.07) is 20.1. The fourth-order valence-corrected chi connectivity index (χ4v) is 3.16. The molecule has 3 aromatic rings. The minimum atomic E-state index is 0.743. The van der Waals surface area contributed by atoms with Crippen LogP contribution in [0.1, 0.15) is 5.76 Å². The lowest BCUT2D eigenvalue weighted by atomic mass is 10.1. The zero-order valence-electron chi connectivity index (χ0n) is 11.0. The first-order chi connectivity index (χ1) is 9.74. The summed E-state index contributed by atoms with van der Waals surface area (Å²) in [6.07, 6.45) is 0. The molecule has 0 amide bonds. The van der Waals surface area contributed by atoms with Gasteiger partial charge in [0, 0.05) is 21.0 Å². The van der Waals surface area contributed by atoms with Crippen molar-refractivity contribution in [3.8, 4) is 11.1 Å². The molecule has 0 fully saturated rings. The van der Waals surface area contributed by atoms with E-state index in [9.17, 15) is 0 Å². The molecule has 1 nitrogen and oxygen atoms in total. The molecule has 0 aliphatic heterocycles. The van der Waals surface area contributed by atoms with E-state index in [1.54, 1.807) is 11.8 Å².